The SMILES string of the molecule is CC(C)C[CH]=[W]. The van der Waals surface area contributed by atoms with Gasteiger partial charge in [0.25, 0.3) is 0 Å². The van der Waals surface area contributed by atoms with Crippen LogP contribution in [0.2, 0.25) is 0 Å². The topological polar surface area (TPSA) is 0 Å². The summed E-state index contributed by atoms with van der Waals surface area (Å²) in [6, 6.07) is 0. The van der Waals surface area contributed by atoms with Crippen molar-refractivity contribution in [2.24, 2.45) is 5.92 Å². The van der Waals surface area contributed by atoms with E-state index < -0.39 is 0 Å². The summed E-state index contributed by atoms with van der Waals surface area (Å²) >= 11 is 1.60. The molecule has 0 fully saturated rings. The molecule has 0 radical (unpaired) electrons. The van der Waals surface area contributed by atoms with Crippen molar-refractivity contribution in [3.63, 3.8) is 0 Å². The molecule has 0 aromatic heterocycles. The first-order valence-corrected chi connectivity index (χ1v) is 3.90. The molecule has 0 heterocycles. The van der Waals surface area contributed by atoms with Crippen LogP contribution in [0, 0.1) is 5.92 Å². The van der Waals surface area contributed by atoms with Crippen LogP contribution in [-0.2, 0) is 19.4 Å². The van der Waals surface area contributed by atoms with Gasteiger partial charge in [0.05, 0.1) is 0 Å². The summed E-state index contributed by atoms with van der Waals surface area (Å²) in [5.74, 6) is 0.863. The van der Waals surface area contributed by atoms with Gasteiger partial charge >= 0.3 is 49.9 Å². The fraction of sp³-hybridized carbons (Fsp3) is 0.800. The second kappa shape index (κ2) is 3.74. The Hall–Kier alpha value is 0.558. The zero-order valence-corrected chi connectivity index (χ0v) is 7.20. The van der Waals surface area contributed by atoms with Crippen LogP contribution >= 0.6 is 0 Å². The molecule has 0 aromatic carbocycles. The van der Waals surface area contributed by atoms with Crippen molar-refractivity contribution in [2.45, 2.75) is 20.3 Å². The fourth-order valence-electron chi connectivity index (χ4n) is 0.192. The normalized spacial score (nSPS) is 9.17. The summed E-state index contributed by atoms with van der Waals surface area (Å²) in [6.07, 6.45) is 1.29. The van der Waals surface area contributed by atoms with Crippen LogP contribution in [-0.4, -0.2) is 4.40 Å². The molecule has 0 aliphatic heterocycles. The van der Waals surface area contributed by atoms with E-state index in [4.69, 9.17) is 0 Å². The van der Waals surface area contributed by atoms with Crippen LogP contribution in [0.1, 0.15) is 20.3 Å². The molecule has 0 saturated heterocycles. The van der Waals surface area contributed by atoms with E-state index in [0.717, 1.165) is 5.92 Å². The predicted octanol–water partition coefficient (Wildman–Crippen LogP) is 1.38. The Balaban J connectivity index is 2.81. The average molecular weight is 254 g/mol. The first-order chi connectivity index (χ1) is 2.77. The van der Waals surface area contributed by atoms with Gasteiger partial charge in [0.2, 0.25) is 0 Å². The number of hydrogen-bond donors (Lipinski definition) is 0. The van der Waals surface area contributed by atoms with Crippen LogP contribution in [0.4, 0.5) is 0 Å². The first kappa shape index (κ1) is 6.56. The monoisotopic (exact) mass is 254 g/mol. The molecule has 0 rings (SSSR count). The quantitative estimate of drug-likeness (QED) is 0.698. The zero-order chi connectivity index (χ0) is 4.99. The molecule has 0 atom stereocenters. The summed E-state index contributed by atoms with van der Waals surface area (Å²) in [7, 11) is 0. The molecular weight excluding hydrogens is 244 g/mol. The van der Waals surface area contributed by atoms with E-state index in [9.17, 15) is 0 Å². The minimum absolute atomic E-state index is 0.863. The Morgan fingerprint density at radius 1 is 1.67 bits per heavy atom. The summed E-state index contributed by atoms with van der Waals surface area (Å²) in [4.78, 5) is 0. The van der Waals surface area contributed by atoms with Gasteiger partial charge in [0, 0.05) is 0 Å². The molecule has 0 unspecified atom stereocenters. The molecule has 0 bridgehead atoms. The van der Waals surface area contributed by atoms with Crippen molar-refractivity contribution in [1.82, 2.24) is 0 Å². The molecule has 0 N–H and O–H groups in total. The summed E-state index contributed by atoms with van der Waals surface area (Å²) in [5.41, 5.74) is 0. The van der Waals surface area contributed by atoms with Gasteiger partial charge in [-0.15, -0.1) is 0 Å². The van der Waals surface area contributed by atoms with Crippen molar-refractivity contribution in [3.8, 4) is 0 Å². The predicted molar refractivity (Wildman–Crippen MR) is 25.5 cm³/mol. The Kier molecular flexibility index (Phi) is 4.09. The van der Waals surface area contributed by atoms with E-state index in [1.165, 1.54) is 6.42 Å². The van der Waals surface area contributed by atoms with Crippen molar-refractivity contribution in [1.29, 1.82) is 0 Å². The molecular formula is C5H10W. The van der Waals surface area contributed by atoms with Gasteiger partial charge < -0.3 is 0 Å². The van der Waals surface area contributed by atoms with Crippen LogP contribution in [0.25, 0.3) is 0 Å². The van der Waals surface area contributed by atoms with Gasteiger partial charge in [-0.05, 0) is 0 Å². The van der Waals surface area contributed by atoms with E-state index in [-0.39, 0.29) is 0 Å². The van der Waals surface area contributed by atoms with Gasteiger partial charge in [0.15, 0.2) is 0 Å². The maximum absolute atomic E-state index is 2.28. The van der Waals surface area contributed by atoms with Crippen LogP contribution in [0.3, 0.4) is 0 Å². The minimum atomic E-state index is 0.863. The third-order valence-corrected chi connectivity index (χ3v) is 1.26. The Bertz CT molecular complexity index is 39.2. The van der Waals surface area contributed by atoms with Crippen molar-refractivity contribution < 1.29 is 19.4 Å². The summed E-state index contributed by atoms with van der Waals surface area (Å²) in [6.45, 7) is 4.47. The third-order valence-electron chi connectivity index (χ3n) is 0.568. The first-order valence-electron chi connectivity index (χ1n) is 2.21. The molecule has 0 spiro atoms. The van der Waals surface area contributed by atoms with Crippen molar-refractivity contribution in [3.05, 3.63) is 0 Å². The second-order valence-electron chi connectivity index (χ2n) is 1.80. The zero-order valence-electron chi connectivity index (χ0n) is 4.27. The molecule has 1 heteroatoms. The molecule has 0 aliphatic carbocycles. The Labute approximate surface area is 50.4 Å². The van der Waals surface area contributed by atoms with Crippen LogP contribution in [0.15, 0.2) is 0 Å². The molecule has 0 saturated carbocycles. The van der Waals surface area contributed by atoms with E-state index in [0.29, 0.717) is 0 Å². The molecule has 0 nitrogen and oxygen atoms in total. The fourth-order valence-corrected chi connectivity index (χ4v) is 1.58. The van der Waals surface area contributed by atoms with E-state index in [2.05, 4.69) is 18.2 Å². The average Bonchev–Trinajstić information content (AvgIpc) is 1.35. The van der Waals surface area contributed by atoms with Crippen molar-refractivity contribution >= 4 is 4.40 Å². The molecule has 0 amide bonds. The standard InChI is InChI=1S/C5H10.W/c1-4-5(2)3;/h1,5H,4H2,2-3H3;. The number of rotatable bonds is 2. The van der Waals surface area contributed by atoms with Gasteiger partial charge in [-0.1, -0.05) is 0 Å². The van der Waals surface area contributed by atoms with Gasteiger partial charge in [-0.25, -0.2) is 0 Å². The van der Waals surface area contributed by atoms with E-state index in [1.807, 2.05) is 0 Å². The third kappa shape index (κ3) is 4.56. The Morgan fingerprint density at radius 2 is 2.17 bits per heavy atom. The van der Waals surface area contributed by atoms with Crippen LogP contribution < -0.4 is 0 Å². The molecule has 36 valence electrons. The van der Waals surface area contributed by atoms with Gasteiger partial charge in [-0.3, -0.25) is 0 Å². The van der Waals surface area contributed by atoms with Crippen LogP contribution in [0.5, 0.6) is 0 Å². The maximum atomic E-state index is 2.28. The summed E-state index contributed by atoms with van der Waals surface area (Å²) < 4.78 is 2.28. The van der Waals surface area contributed by atoms with Gasteiger partial charge in [0.1, 0.15) is 0 Å². The number of hydrogen-bond acceptors (Lipinski definition) is 0. The molecule has 6 heavy (non-hydrogen) atoms. The van der Waals surface area contributed by atoms with E-state index >= 15 is 0 Å². The van der Waals surface area contributed by atoms with Crippen molar-refractivity contribution in [2.75, 3.05) is 0 Å². The summed E-state index contributed by atoms with van der Waals surface area (Å²) in [5, 5.41) is 0. The molecule has 0 aromatic rings. The van der Waals surface area contributed by atoms with E-state index in [1.54, 1.807) is 19.4 Å². The van der Waals surface area contributed by atoms with Gasteiger partial charge in [-0.2, -0.15) is 0 Å². The Morgan fingerprint density at radius 3 is 2.17 bits per heavy atom. The molecule has 0 aliphatic rings. The second-order valence-corrected chi connectivity index (χ2v) is 2.99.